The van der Waals surface area contributed by atoms with Gasteiger partial charge in [0.1, 0.15) is 11.8 Å². The topological polar surface area (TPSA) is 111 Å². The Labute approximate surface area is 183 Å². The number of aromatic nitrogens is 6. The predicted octanol–water partition coefficient (Wildman–Crippen LogP) is 2.31. The number of nitrogens with one attached hydrogen (secondary N) is 1. The van der Waals surface area contributed by atoms with Gasteiger partial charge in [0.25, 0.3) is 0 Å². The van der Waals surface area contributed by atoms with Crippen molar-refractivity contribution in [3.63, 3.8) is 0 Å². The monoisotopic (exact) mass is 432 g/mol. The zero-order valence-corrected chi connectivity index (χ0v) is 18.2. The third kappa shape index (κ3) is 3.37. The van der Waals surface area contributed by atoms with E-state index in [0.717, 1.165) is 35.0 Å². The summed E-state index contributed by atoms with van der Waals surface area (Å²) < 4.78 is 3.33. The second-order valence-electron chi connectivity index (χ2n) is 8.22. The van der Waals surface area contributed by atoms with Crippen LogP contribution in [0.1, 0.15) is 31.4 Å². The maximum absolute atomic E-state index is 13.0. The van der Waals surface area contributed by atoms with E-state index < -0.39 is 0 Å². The van der Waals surface area contributed by atoms with Gasteiger partial charge >= 0.3 is 5.69 Å². The van der Waals surface area contributed by atoms with Gasteiger partial charge in [-0.05, 0) is 37.5 Å². The molecule has 0 aliphatic carbocycles. The number of fused-ring (bicyclic) bond motifs is 2. The molecule has 10 nitrogen and oxygen atoms in total. The lowest BCUT2D eigenvalue weighted by molar-refractivity contribution is -0.130. The fraction of sp³-hybridized carbons (Fsp3) is 0.364. The average Bonchev–Trinajstić information content (AvgIpc) is 3.04. The second kappa shape index (κ2) is 7.70. The SMILES string of the molecule is CC(=O)N1CCC(n2c(=O)n(C)c3cnc(Nc4cc5cncnc5cc4C)nc32)CC1. The van der Waals surface area contributed by atoms with Gasteiger partial charge in [-0.25, -0.2) is 19.7 Å². The van der Waals surface area contributed by atoms with Gasteiger partial charge < -0.3 is 10.2 Å². The van der Waals surface area contributed by atoms with Crippen LogP contribution < -0.4 is 11.0 Å². The summed E-state index contributed by atoms with van der Waals surface area (Å²) in [6.07, 6.45) is 6.40. The zero-order chi connectivity index (χ0) is 22.4. The summed E-state index contributed by atoms with van der Waals surface area (Å²) >= 11 is 0. The molecule has 0 spiro atoms. The minimum Gasteiger partial charge on any atom is -0.343 e. The van der Waals surface area contributed by atoms with Crippen LogP contribution >= 0.6 is 0 Å². The largest absolute Gasteiger partial charge is 0.343 e. The molecule has 0 unspecified atom stereocenters. The average molecular weight is 432 g/mol. The van der Waals surface area contributed by atoms with Crippen LogP contribution in [0.4, 0.5) is 11.6 Å². The Balaban J connectivity index is 1.51. The quantitative estimate of drug-likeness (QED) is 0.529. The molecule has 4 aromatic rings. The van der Waals surface area contributed by atoms with Gasteiger partial charge in [-0.15, -0.1) is 0 Å². The van der Waals surface area contributed by atoms with Crippen LogP contribution in [-0.4, -0.2) is 53.0 Å². The number of hydrogen-bond donors (Lipinski definition) is 1. The van der Waals surface area contributed by atoms with Gasteiger partial charge in [-0.3, -0.25) is 13.9 Å². The molecule has 1 fully saturated rings. The van der Waals surface area contributed by atoms with Crippen molar-refractivity contribution < 1.29 is 4.79 Å². The molecule has 1 aliphatic rings. The second-order valence-corrected chi connectivity index (χ2v) is 8.22. The Morgan fingerprint density at radius 3 is 2.69 bits per heavy atom. The number of imidazole rings is 1. The molecule has 0 bridgehead atoms. The van der Waals surface area contributed by atoms with Crippen LogP contribution in [-0.2, 0) is 11.8 Å². The number of anilines is 2. The van der Waals surface area contributed by atoms with Gasteiger partial charge in [-0.1, -0.05) is 0 Å². The maximum atomic E-state index is 13.0. The first-order chi connectivity index (χ1) is 15.4. The summed E-state index contributed by atoms with van der Waals surface area (Å²) in [5, 5.41) is 4.19. The highest BCUT2D eigenvalue weighted by molar-refractivity contribution is 5.84. The summed E-state index contributed by atoms with van der Waals surface area (Å²) in [5.74, 6) is 0.482. The Morgan fingerprint density at radius 1 is 1.16 bits per heavy atom. The van der Waals surface area contributed by atoms with Crippen molar-refractivity contribution in [1.29, 1.82) is 0 Å². The highest BCUT2D eigenvalue weighted by atomic mass is 16.2. The minimum atomic E-state index is -0.119. The molecule has 1 N–H and O–H groups in total. The van der Waals surface area contributed by atoms with Crippen LogP contribution in [0.5, 0.6) is 0 Å². The van der Waals surface area contributed by atoms with Crippen LogP contribution in [0.3, 0.4) is 0 Å². The number of aryl methyl sites for hydroxylation is 2. The smallest absolute Gasteiger partial charge is 0.330 e. The van der Waals surface area contributed by atoms with Crippen molar-refractivity contribution in [2.75, 3.05) is 18.4 Å². The van der Waals surface area contributed by atoms with Crippen LogP contribution in [0.2, 0.25) is 0 Å². The van der Waals surface area contributed by atoms with E-state index in [0.29, 0.717) is 30.2 Å². The van der Waals surface area contributed by atoms with Crippen molar-refractivity contribution in [1.82, 2.24) is 34.0 Å². The predicted molar refractivity (Wildman–Crippen MR) is 121 cm³/mol. The van der Waals surface area contributed by atoms with Gasteiger partial charge in [0, 0.05) is 50.4 Å². The Bertz CT molecular complexity index is 1400. The van der Waals surface area contributed by atoms with E-state index in [9.17, 15) is 9.59 Å². The van der Waals surface area contributed by atoms with Crippen molar-refractivity contribution in [3.05, 3.63) is 46.9 Å². The lowest BCUT2D eigenvalue weighted by atomic mass is 10.0. The molecule has 32 heavy (non-hydrogen) atoms. The van der Waals surface area contributed by atoms with E-state index in [1.54, 1.807) is 35.5 Å². The molecule has 10 heteroatoms. The summed E-state index contributed by atoms with van der Waals surface area (Å²) in [4.78, 5) is 44.0. The molecule has 4 heterocycles. The normalized spacial score (nSPS) is 14.9. The highest BCUT2D eigenvalue weighted by Crippen LogP contribution is 2.27. The molecule has 164 valence electrons. The number of carbonyl (C=O) groups is 1. The minimum absolute atomic E-state index is 0.0101. The molecule has 1 aromatic carbocycles. The van der Waals surface area contributed by atoms with Crippen LogP contribution in [0.25, 0.3) is 22.1 Å². The van der Waals surface area contributed by atoms with E-state index in [-0.39, 0.29) is 17.6 Å². The van der Waals surface area contributed by atoms with E-state index in [2.05, 4.69) is 20.3 Å². The molecule has 0 atom stereocenters. The number of hydrogen-bond acceptors (Lipinski definition) is 7. The first-order valence-corrected chi connectivity index (χ1v) is 10.6. The standard InChI is InChI=1S/C22H24N8O2/c1-13-8-18-15(10-23-12-25-18)9-17(13)26-21-24-11-19-20(27-21)30(22(32)28(19)3)16-4-6-29(7-5-16)14(2)31/h8-12,16H,4-7H2,1-3H3,(H,24,26,27). The number of nitrogens with zero attached hydrogens (tertiary/aromatic N) is 7. The fourth-order valence-corrected chi connectivity index (χ4v) is 4.35. The fourth-order valence-electron chi connectivity index (χ4n) is 4.35. The maximum Gasteiger partial charge on any atom is 0.330 e. The lowest BCUT2D eigenvalue weighted by Gasteiger charge is -2.31. The van der Waals surface area contributed by atoms with E-state index in [1.807, 2.05) is 24.0 Å². The Morgan fingerprint density at radius 2 is 1.94 bits per heavy atom. The van der Waals surface area contributed by atoms with Crippen LogP contribution in [0.15, 0.2) is 35.6 Å². The first-order valence-electron chi connectivity index (χ1n) is 10.6. The zero-order valence-electron chi connectivity index (χ0n) is 18.2. The number of benzene rings is 1. The summed E-state index contributed by atoms with van der Waals surface area (Å²) in [7, 11) is 1.73. The van der Waals surface area contributed by atoms with Gasteiger partial charge in [0.15, 0.2) is 5.65 Å². The molecule has 1 aliphatic heterocycles. The Hall–Kier alpha value is -3.82. The van der Waals surface area contributed by atoms with E-state index in [1.165, 1.54) is 6.33 Å². The molecule has 1 amide bonds. The number of likely N-dealkylation sites (tertiary alicyclic amines) is 1. The molecule has 5 rings (SSSR count). The third-order valence-corrected chi connectivity index (χ3v) is 6.20. The summed E-state index contributed by atoms with van der Waals surface area (Å²) in [5.41, 5.74) is 3.88. The number of piperidine rings is 1. The lowest BCUT2D eigenvalue weighted by Crippen LogP contribution is -2.39. The molecular weight excluding hydrogens is 408 g/mol. The number of carbonyl (C=O) groups excluding carboxylic acids is 1. The van der Waals surface area contributed by atoms with Gasteiger partial charge in [0.2, 0.25) is 11.9 Å². The third-order valence-electron chi connectivity index (χ3n) is 6.20. The van der Waals surface area contributed by atoms with E-state index in [4.69, 9.17) is 4.98 Å². The van der Waals surface area contributed by atoms with Crippen molar-refractivity contribution >= 4 is 39.6 Å². The van der Waals surface area contributed by atoms with Crippen molar-refractivity contribution in [2.24, 2.45) is 7.05 Å². The van der Waals surface area contributed by atoms with Gasteiger partial charge in [0.05, 0.1) is 11.7 Å². The Kier molecular flexibility index (Phi) is 4.84. The van der Waals surface area contributed by atoms with Crippen molar-refractivity contribution in [3.8, 4) is 0 Å². The van der Waals surface area contributed by atoms with E-state index >= 15 is 0 Å². The first kappa shape index (κ1) is 20.1. The van der Waals surface area contributed by atoms with Gasteiger partial charge in [-0.2, -0.15) is 4.98 Å². The van der Waals surface area contributed by atoms with Crippen LogP contribution in [0, 0.1) is 6.92 Å². The number of amides is 1. The molecule has 3 aromatic heterocycles. The molecular formula is C22H24N8O2. The number of rotatable bonds is 3. The molecule has 0 saturated carbocycles. The highest BCUT2D eigenvalue weighted by Gasteiger charge is 2.26. The van der Waals surface area contributed by atoms with Crippen molar-refractivity contribution in [2.45, 2.75) is 32.7 Å². The summed E-state index contributed by atoms with van der Waals surface area (Å²) in [6.45, 7) is 4.84. The molecule has 1 saturated heterocycles. The molecule has 0 radical (unpaired) electrons. The summed E-state index contributed by atoms with van der Waals surface area (Å²) in [6, 6.07) is 3.94.